The van der Waals surface area contributed by atoms with E-state index in [9.17, 15) is 18.1 Å². The van der Waals surface area contributed by atoms with Crippen molar-refractivity contribution in [2.75, 3.05) is 55.6 Å². The fraction of sp³-hybridized carbons (Fsp3) is 0.303. The highest BCUT2D eigenvalue weighted by molar-refractivity contribution is 7.92. The SMILES string of the molecule is CCOc1cc(F)ccc1C1(N2CCN(c3ccnc(C)c3)CC2)CN(S(=O)(=O)c2ccc(OC)cn2)c2ccc(C#N)cc21. The van der Waals surface area contributed by atoms with Crippen LogP contribution in [0.1, 0.15) is 29.3 Å². The molecule has 45 heavy (non-hydrogen) atoms. The summed E-state index contributed by atoms with van der Waals surface area (Å²) in [6, 6.07) is 18.6. The molecule has 2 aromatic carbocycles. The number of hydrogen-bond donors (Lipinski definition) is 0. The first kappa shape index (κ1) is 30.3. The summed E-state index contributed by atoms with van der Waals surface area (Å²) in [6.07, 6.45) is 3.15. The first-order valence-electron chi connectivity index (χ1n) is 14.6. The molecule has 0 bridgehead atoms. The predicted molar refractivity (Wildman–Crippen MR) is 168 cm³/mol. The first-order valence-corrected chi connectivity index (χ1v) is 16.1. The fourth-order valence-corrected chi connectivity index (χ4v) is 7.78. The average molecular weight is 629 g/mol. The number of hydrogen-bond acceptors (Lipinski definition) is 9. The Morgan fingerprint density at radius 3 is 2.47 bits per heavy atom. The Labute approximate surface area is 262 Å². The van der Waals surface area contributed by atoms with Gasteiger partial charge in [-0.1, -0.05) is 6.07 Å². The Kier molecular flexibility index (Phi) is 8.07. The normalized spacial score (nSPS) is 18.4. The number of pyridine rings is 2. The molecule has 4 aromatic rings. The Balaban J connectivity index is 1.52. The molecule has 6 rings (SSSR count). The van der Waals surface area contributed by atoms with Crippen LogP contribution >= 0.6 is 0 Å². The van der Waals surface area contributed by atoms with Gasteiger partial charge in [-0.05, 0) is 62.4 Å². The summed E-state index contributed by atoms with van der Waals surface area (Å²) in [5.41, 5.74) is 2.91. The van der Waals surface area contributed by atoms with Gasteiger partial charge in [0.2, 0.25) is 0 Å². The van der Waals surface area contributed by atoms with Crippen LogP contribution in [0.4, 0.5) is 15.8 Å². The molecule has 0 N–H and O–H groups in total. The molecule has 232 valence electrons. The molecule has 0 amide bonds. The molecule has 1 saturated heterocycles. The molecule has 1 atom stereocenters. The van der Waals surface area contributed by atoms with E-state index in [1.807, 2.05) is 26.0 Å². The van der Waals surface area contributed by atoms with Gasteiger partial charge in [-0.3, -0.25) is 14.2 Å². The second-order valence-corrected chi connectivity index (χ2v) is 12.8. The fourth-order valence-electron chi connectivity index (χ4n) is 6.36. The largest absolute Gasteiger partial charge is 0.495 e. The summed E-state index contributed by atoms with van der Waals surface area (Å²) in [4.78, 5) is 13.0. The molecule has 4 heterocycles. The van der Waals surface area contributed by atoms with Crippen molar-refractivity contribution in [1.82, 2.24) is 14.9 Å². The van der Waals surface area contributed by atoms with Crippen molar-refractivity contribution in [3.8, 4) is 17.6 Å². The lowest BCUT2D eigenvalue weighted by atomic mass is 9.81. The molecule has 0 spiro atoms. The standard InChI is InChI=1S/C33H33FN6O4S/c1-4-44-31-19-25(34)6-8-28(31)33(39-15-13-38(14-16-39)26-11-12-36-23(2)17-26)22-40(30-9-5-24(20-35)18-29(30)33)45(41,42)32-10-7-27(43-3)21-37-32/h5-12,17-19,21H,4,13-16,22H2,1-3H3. The predicted octanol–water partition coefficient (Wildman–Crippen LogP) is 4.48. The van der Waals surface area contributed by atoms with E-state index in [0.29, 0.717) is 60.1 Å². The van der Waals surface area contributed by atoms with Crippen molar-refractivity contribution >= 4 is 21.4 Å². The van der Waals surface area contributed by atoms with Gasteiger partial charge in [0.15, 0.2) is 5.03 Å². The van der Waals surface area contributed by atoms with Crippen molar-refractivity contribution in [3.63, 3.8) is 0 Å². The number of rotatable bonds is 8. The van der Waals surface area contributed by atoms with Crippen LogP contribution in [0.5, 0.6) is 11.5 Å². The molecule has 1 unspecified atom stereocenters. The van der Waals surface area contributed by atoms with E-state index in [2.05, 4.69) is 25.8 Å². The van der Waals surface area contributed by atoms with E-state index in [0.717, 1.165) is 11.4 Å². The summed E-state index contributed by atoms with van der Waals surface area (Å²) in [6.45, 7) is 6.42. The number of nitriles is 1. The van der Waals surface area contributed by atoms with Crippen LogP contribution < -0.4 is 18.7 Å². The topological polar surface area (TPSA) is 112 Å². The lowest BCUT2D eigenvalue weighted by Crippen LogP contribution is -2.58. The lowest BCUT2D eigenvalue weighted by Gasteiger charge is -2.47. The molecule has 2 aromatic heterocycles. The van der Waals surface area contributed by atoms with Crippen molar-refractivity contribution in [1.29, 1.82) is 5.26 Å². The molecular formula is C33H33FN6O4S. The number of nitrogens with zero attached hydrogens (tertiary/aromatic N) is 6. The van der Waals surface area contributed by atoms with Gasteiger partial charge in [0.25, 0.3) is 10.0 Å². The van der Waals surface area contributed by atoms with Gasteiger partial charge < -0.3 is 14.4 Å². The molecular weight excluding hydrogens is 595 g/mol. The van der Waals surface area contributed by atoms with Crippen LogP contribution in [0.15, 0.2) is 78.1 Å². The minimum Gasteiger partial charge on any atom is -0.495 e. The van der Waals surface area contributed by atoms with Crippen LogP contribution in [0.2, 0.25) is 0 Å². The van der Waals surface area contributed by atoms with Crippen LogP contribution in [0.3, 0.4) is 0 Å². The highest BCUT2D eigenvalue weighted by Crippen LogP contribution is 2.52. The number of sulfonamides is 1. The summed E-state index contributed by atoms with van der Waals surface area (Å²) in [5.74, 6) is 0.282. The maximum atomic E-state index is 14.7. The number of aromatic nitrogens is 2. The van der Waals surface area contributed by atoms with Gasteiger partial charge in [-0.15, -0.1) is 0 Å². The Morgan fingerprint density at radius 2 is 1.80 bits per heavy atom. The minimum atomic E-state index is -4.18. The zero-order valence-electron chi connectivity index (χ0n) is 25.3. The van der Waals surface area contributed by atoms with E-state index in [1.165, 1.54) is 35.8 Å². The molecule has 2 aliphatic rings. The number of anilines is 2. The van der Waals surface area contributed by atoms with Crippen molar-refractivity contribution in [3.05, 3.63) is 101 Å². The molecule has 0 saturated carbocycles. The maximum absolute atomic E-state index is 14.7. The zero-order valence-corrected chi connectivity index (χ0v) is 26.1. The summed E-state index contributed by atoms with van der Waals surface area (Å²) < 4.78 is 55.9. The number of aryl methyl sites for hydroxylation is 1. The van der Waals surface area contributed by atoms with E-state index >= 15 is 0 Å². The zero-order chi connectivity index (χ0) is 31.8. The minimum absolute atomic E-state index is 0.0344. The van der Waals surface area contributed by atoms with Crippen LogP contribution in [-0.4, -0.2) is 69.7 Å². The summed E-state index contributed by atoms with van der Waals surface area (Å²) >= 11 is 0. The Hall–Kier alpha value is -4.73. The van der Waals surface area contributed by atoms with Crippen LogP contribution in [0.25, 0.3) is 0 Å². The van der Waals surface area contributed by atoms with E-state index in [-0.39, 0.29) is 18.2 Å². The van der Waals surface area contributed by atoms with Crippen LogP contribution in [-0.2, 0) is 15.6 Å². The van der Waals surface area contributed by atoms with Gasteiger partial charge in [0, 0.05) is 61.0 Å². The number of methoxy groups -OCH3 is 1. The first-order chi connectivity index (χ1) is 21.7. The highest BCUT2D eigenvalue weighted by atomic mass is 32.2. The van der Waals surface area contributed by atoms with Gasteiger partial charge in [0.05, 0.1) is 49.3 Å². The Bertz CT molecular complexity index is 1870. The quantitative estimate of drug-likeness (QED) is 0.279. The Morgan fingerprint density at radius 1 is 1.00 bits per heavy atom. The lowest BCUT2D eigenvalue weighted by molar-refractivity contribution is 0.124. The number of piperazine rings is 1. The number of benzene rings is 2. The third kappa shape index (κ3) is 5.32. The average Bonchev–Trinajstić information content (AvgIpc) is 3.41. The maximum Gasteiger partial charge on any atom is 0.281 e. The van der Waals surface area contributed by atoms with Gasteiger partial charge >= 0.3 is 0 Å². The summed E-state index contributed by atoms with van der Waals surface area (Å²) in [5, 5.41) is 9.79. The summed E-state index contributed by atoms with van der Waals surface area (Å²) in [7, 11) is -2.70. The smallest absolute Gasteiger partial charge is 0.281 e. The molecule has 0 radical (unpaired) electrons. The van der Waals surface area contributed by atoms with Crippen molar-refractivity contribution in [2.24, 2.45) is 0 Å². The second kappa shape index (κ2) is 12.0. The monoisotopic (exact) mass is 628 g/mol. The number of fused-ring (bicyclic) bond motifs is 1. The van der Waals surface area contributed by atoms with Gasteiger partial charge in [0.1, 0.15) is 17.3 Å². The van der Waals surface area contributed by atoms with Gasteiger partial charge in [-0.2, -0.15) is 13.7 Å². The highest BCUT2D eigenvalue weighted by Gasteiger charge is 2.53. The molecule has 12 heteroatoms. The van der Waals surface area contributed by atoms with Gasteiger partial charge in [-0.25, -0.2) is 9.37 Å². The molecule has 0 aliphatic carbocycles. The van der Waals surface area contributed by atoms with E-state index in [4.69, 9.17) is 9.47 Å². The van der Waals surface area contributed by atoms with Crippen LogP contribution in [0, 0.1) is 24.1 Å². The third-order valence-corrected chi connectivity index (χ3v) is 10.1. The number of halogens is 1. The molecule has 2 aliphatic heterocycles. The molecule has 10 nitrogen and oxygen atoms in total. The van der Waals surface area contributed by atoms with E-state index in [1.54, 1.807) is 36.5 Å². The van der Waals surface area contributed by atoms with Crippen molar-refractivity contribution in [2.45, 2.75) is 24.4 Å². The second-order valence-electron chi connectivity index (χ2n) is 11.0. The molecule has 1 fully saturated rings. The number of ether oxygens (including phenoxy) is 2. The van der Waals surface area contributed by atoms with E-state index < -0.39 is 21.4 Å². The van der Waals surface area contributed by atoms with Crippen molar-refractivity contribution < 1.29 is 22.3 Å². The third-order valence-electron chi connectivity index (χ3n) is 8.47.